The van der Waals surface area contributed by atoms with Gasteiger partial charge >= 0.3 is 0 Å². The van der Waals surface area contributed by atoms with Crippen LogP contribution in [-0.2, 0) is 11.3 Å². The zero-order valence-corrected chi connectivity index (χ0v) is 13.8. The Morgan fingerprint density at radius 3 is 3.17 bits per heavy atom. The average Bonchev–Trinajstić information content (AvgIpc) is 3.22. The lowest BCUT2D eigenvalue weighted by molar-refractivity contribution is 0.0933. The second-order valence-electron chi connectivity index (χ2n) is 5.14. The second-order valence-corrected chi connectivity index (χ2v) is 6.02. The minimum absolute atomic E-state index is 0.222. The molecule has 0 aliphatic heterocycles. The lowest BCUT2D eigenvalue weighted by Crippen LogP contribution is -2.29. The number of aromatic nitrogens is 5. The van der Waals surface area contributed by atoms with Crippen LogP contribution in [0, 0.1) is 0 Å². The largest absolute Gasteiger partial charge is 0.385 e. The van der Waals surface area contributed by atoms with Crippen molar-refractivity contribution in [3.05, 3.63) is 35.6 Å². The van der Waals surface area contributed by atoms with Crippen LogP contribution in [0.4, 0.5) is 0 Å². The molecule has 0 aliphatic carbocycles. The van der Waals surface area contributed by atoms with E-state index < -0.39 is 0 Å². The highest BCUT2D eigenvalue weighted by Gasteiger charge is 2.18. The number of hydrogen-bond donors (Lipinski definition) is 1. The number of imidazole rings is 1. The van der Waals surface area contributed by atoms with Gasteiger partial charge in [0.25, 0.3) is 5.91 Å². The molecule has 122 valence electrons. The minimum atomic E-state index is -0.257. The number of thiazole rings is 1. The highest BCUT2D eigenvalue weighted by atomic mass is 32.1. The van der Waals surface area contributed by atoms with E-state index in [9.17, 15) is 4.79 Å². The van der Waals surface area contributed by atoms with Crippen molar-refractivity contribution in [3.8, 4) is 0 Å². The van der Waals surface area contributed by atoms with E-state index in [2.05, 4.69) is 20.5 Å². The quantitative estimate of drug-likeness (QED) is 0.662. The van der Waals surface area contributed by atoms with E-state index in [1.807, 2.05) is 27.5 Å². The molecule has 0 fully saturated rings. The number of carbonyl (C=O) groups is 1. The fourth-order valence-electron chi connectivity index (χ4n) is 2.32. The molecule has 0 saturated carbocycles. The molecule has 3 aromatic rings. The summed E-state index contributed by atoms with van der Waals surface area (Å²) in [7, 11) is 1.67. The summed E-state index contributed by atoms with van der Waals surface area (Å²) < 4.78 is 8.81. The monoisotopic (exact) mass is 334 g/mol. The number of nitrogens with zero attached hydrogens (tertiary/aromatic N) is 5. The molecule has 8 nitrogen and oxygen atoms in total. The fourth-order valence-corrected chi connectivity index (χ4v) is 3.02. The van der Waals surface area contributed by atoms with Gasteiger partial charge in [-0.05, 0) is 13.3 Å². The maximum atomic E-state index is 12.3. The summed E-state index contributed by atoms with van der Waals surface area (Å²) in [4.78, 5) is 17.4. The van der Waals surface area contributed by atoms with Crippen LogP contribution in [0.3, 0.4) is 0 Å². The number of methoxy groups -OCH3 is 1. The first-order chi connectivity index (χ1) is 11.2. The third kappa shape index (κ3) is 3.40. The van der Waals surface area contributed by atoms with Crippen molar-refractivity contribution < 1.29 is 9.53 Å². The maximum Gasteiger partial charge on any atom is 0.272 e. The first-order valence-corrected chi connectivity index (χ1v) is 8.16. The van der Waals surface area contributed by atoms with Crippen LogP contribution >= 0.6 is 11.3 Å². The molecule has 1 amide bonds. The van der Waals surface area contributed by atoms with Gasteiger partial charge in [-0.15, -0.1) is 21.5 Å². The standard InChI is InChI=1S/C14H18N6O2S/c1-10(12-18-15-9-20(12)4-3-6-22-2)16-13(21)11-8-19-5-7-23-14(19)17-11/h5,7-10H,3-4,6H2,1-2H3,(H,16,21)/t10-/m1/s1. The number of carbonyl (C=O) groups excluding carboxylic acids is 1. The van der Waals surface area contributed by atoms with Gasteiger partial charge in [0.1, 0.15) is 12.0 Å². The highest BCUT2D eigenvalue weighted by Crippen LogP contribution is 2.14. The van der Waals surface area contributed by atoms with E-state index in [1.54, 1.807) is 19.6 Å². The molecule has 3 aromatic heterocycles. The first-order valence-electron chi connectivity index (χ1n) is 7.28. The van der Waals surface area contributed by atoms with Gasteiger partial charge in [0, 0.05) is 38.0 Å². The Bertz CT molecular complexity index is 763. The maximum absolute atomic E-state index is 12.3. The molecule has 1 N–H and O–H groups in total. The summed E-state index contributed by atoms with van der Waals surface area (Å²) in [5.41, 5.74) is 0.397. The van der Waals surface area contributed by atoms with Crippen molar-refractivity contribution in [1.82, 2.24) is 29.5 Å². The van der Waals surface area contributed by atoms with Crippen LogP contribution in [0.15, 0.2) is 24.1 Å². The number of aryl methyl sites for hydroxylation is 1. The van der Waals surface area contributed by atoms with Crippen molar-refractivity contribution in [2.24, 2.45) is 0 Å². The van der Waals surface area contributed by atoms with E-state index in [1.165, 1.54) is 11.3 Å². The average molecular weight is 334 g/mol. The Labute approximate surface area is 137 Å². The van der Waals surface area contributed by atoms with Crippen molar-refractivity contribution in [2.45, 2.75) is 25.9 Å². The molecule has 3 heterocycles. The van der Waals surface area contributed by atoms with Gasteiger partial charge in [-0.3, -0.25) is 9.20 Å². The SMILES string of the molecule is COCCCn1cnnc1[C@@H](C)NC(=O)c1cn2ccsc2n1. The van der Waals surface area contributed by atoms with Gasteiger partial charge in [0.15, 0.2) is 10.8 Å². The molecule has 0 spiro atoms. The highest BCUT2D eigenvalue weighted by molar-refractivity contribution is 7.15. The molecule has 0 radical (unpaired) electrons. The Morgan fingerprint density at radius 2 is 2.39 bits per heavy atom. The normalized spacial score (nSPS) is 12.6. The summed E-state index contributed by atoms with van der Waals surface area (Å²) >= 11 is 1.49. The Balaban J connectivity index is 1.66. The molecular formula is C14H18N6O2S. The van der Waals surface area contributed by atoms with Gasteiger partial charge < -0.3 is 14.6 Å². The Hall–Kier alpha value is -2.26. The van der Waals surface area contributed by atoms with Crippen LogP contribution in [-0.4, -0.2) is 43.8 Å². The molecule has 23 heavy (non-hydrogen) atoms. The molecule has 0 saturated heterocycles. The van der Waals surface area contributed by atoms with Crippen molar-refractivity contribution in [2.75, 3.05) is 13.7 Å². The molecule has 1 atom stereocenters. The number of hydrogen-bond acceptors (Lipinski definition) is 6. The van der Waals surface area contributed by atoms with Crippen LogP contribution in [0.2, 0.25) is 0 Å². The van der Waals surface area contributed by atoms with E-state index in [4.69, 9.17) is 4.74 Å². The third-order valence-corrected chi connectivity index (χ3v) is 4.22. The van der Waals surface area contributed by atoms with E-state index >= 15 is 0 Å². The summed E-state index contributed by atoms with van der Waals surface area (Å²) in [6.07, 6.45) is 6.12. The van der Waals surface area contributed by atoms with Crippen LogP contribution in [0.1, 0.15) is 35.7 Å². The first kappa shape index (κ1) is 15.6. The minimum Gasteiger partial charge on any atom is -0.385 e. The van der Waals surface area contributed by atoms with Gasteiger partial charge in [0.05, 0.1) is 6.04 Å². The van der Waals surface area contributed by atoms with Gasteiger partial charge in [0.2, 0.25) is 0 Å². The van der Waals surface area contributed by atoms with Crippen molar-refractivity contribution in [3.63, 3.8) is 0 Å². The molecule has 0 bridgehead atoms. The Kier molecular flexibility index (Phi) is 4.68. The van der Waals surface area contributed by atoms with E-state index in [-0.39, 0.29) is 11.9 Å². The van der Waals surface area contributed by atoms with E-state index in [0.717, 1.165) is 23.8 Å². The molecule has 0 aromatic carbocycles. The number of amides is 1. The molecule has 0 unspecified atom stereocenters. The van der Waals surface area contributed by atoms with Gasteiger partial charge in [-0.1, -0.05) is 0 Å². The predicted molar refractivity (Wildman–Crippen MR) is 85.5 cm³/mol. The topological polar surface area (TPSA) is 86.3 Å². The van der Waals surface area contributed by atoms with E-state index in [0.29, 0.717) is 12.3 Å². The van der Waals surface area contributed by atoms with Crippen molar-refractivity contribution >= 4 is 22.2 Å². The van der Waals surface area contributed by atoms with Crippen molar-refractivity contribution in [1.29, 1.82) is 0 Å². The predicted octanol–water partition coefficient (Wildman–Crippen LogP) is 1.51. The summed E-state index contributed by atoms with van der Waals surface area (Å²) in [6.45, 7) is 3.30. The lowest BCUT2D eigenvalue weighted by atomic mass is 10.3. The third-order valence-electron chi connectivity index (χ3n) is 3.45. The summed E-state index contributed by atoms with van der Waals surface area (Å²) in [5.74, 6) is 0.496. The fraction of sp³-hybridized carbons (Fsp3) is 0.429. The zero-order valence-electron chi connectivity index (χ0n) is 13.0. The number of rotatable bonds is 7. The van der Waals surface area contributed by atoms with Gasteiger partial charge in [-0.25, -0.2) is 4.98 Å². The zero-order chi connectivity index (χ0) is 16.2. The molecule has 0 aliphatic rings. The number of fused-ring (bicyclic) bond motifs is 1. The lowest BCUT2D eigenvalue weighted by Gasteiger charge is -2.14. The van der Waals surface area contributed by atoms with Crippen LogP contribution in [0.5, 0.6) is 0 Å². The Morgan fingerprint density at radius 1 is 1.52 bits per heavy atom. The number of nitrogens with one attached hydrogen (secondary N) is 1. The molecular weight excluding hydrogens is 316 g/mol. The van der Waals surface area contributed by atoms with Gasteiger partial charge in [-0.2, -0.15) is 0 Å². The summed E-state index contributed by atoms with van der Waals surface area (Å²) in [6, 6.07) is -0.257. The van der Waals surface area contributed by atoms with Crippen LogP contribution in [0.25, 0.3) is 4.96 Å². The smallest absolute Gasteiger partial charge is 0.272 e. The molecule has 3 rings (SSSR count). The second kappa shape index (κ2) is 6.88. The van der Waals surface area contributed by atoms with Crippen LogP contribution < -0.4 is 5.32 Å². The molecule has 9 heteroatoms. The number of ether oxygens (including phenoxy) is 1. The summed E-state index contributed by atoms with van der Waals surface area (Å²) in [5, 5.41) is 12.9.